The summed E-state index contributed by atoms with van der Waals surface area (Å²) in [5.74, 6) is 0. The lowest BCUT2D eigenvalue weighted by Crippen LogP contribution is -2.36. The maximum atomic E-state index is 12.6. The topological polar surface area (TPSA) is 63.2 Å². The molecule has 2 heterocycles. The highest BCUT2D eigenvalue weighted by molar-refractivity contribution is 7.89. The normalized spacial score (nSPS) is 15.8. The summed E-state index contributed by atoms with van der Waals surface area (Å²) >= 11 is 5.87. The van der Waals surface area contributed by atoms with E-state index in [4.69, 9.17) is 11.6 Å². The highest BCUT2D eigenvalue weighted by Crippen LogP contribution is 2.24. The summed E-state index contributed by atoms with van der Waals surface area (Å²) in [6, 6.07) is 6.31. The smallest absolute Gasteiger partial charge is 0.243 e. The molecule has 3 rings (SSSR count). The Balaban J connectivity index is 1.94. The predicted molar refractivity (Wildman–Crippen MR) is 74.8 cm³/mol. The number of benzene rings is 1. The standard InChI is InChI=1S/C13H12ClN3O2S/c14-11-2-1-3-12(6-11)20(18,19)17-5-4-13-10(8-17)7-15-9-16-13/h1-3,6-7,9H,4-5,8H2. The van der Waals surface area contributed by atoms with Crippen LogP contribution in [0, 0.1) is 0 Å². The molecule has 1 aliphatic rings. The SMILES string of the molecule is O=S(=O)(c1cccc(Cl)c1)N1CCc2ncncc2C1. The molecule has 104 valence electrons. The van der Waals surface area contributed by atoms with E-state index in [1.807, 2.05) is 0 Å². The first-order valence-corrected chi connectivity index (χ1v) is 7.92. The molecular formula is C13H12ClN3O2S. The van der Waals surface area contributed by atoms with Crippen molar-refractivity contribution < 1.29 is 8.42 Å². The lowest BCUT2D eigenvalue weighted by molar-refractivity contribution is 0.387. The van der Waals surface area contributed by atoms with Crippen molar-refractivity contribution in [2.75, 3.05) is 6.54 Å². The average Bonchev–Trinajstić information content (AvgIpc) is 2.46. The monoisotopic (exact) mass is 309 g/mol. The Morgan fingerprint density at radius 3 is 2.95 bits per heavy atom. The summed E-state index contributed by atoms with van der Waals surface area (Å²) in [6.07, 6.45) is 3.75. The molecule has 0 bridgehead atoms. The van der Waals surface area contributed by atoms with Crippen molar-refractivity contribution in [2.24, 2.45) is 0 Å². The molecule has 0 radical (unpaired) electrons. The van der Waals surface area contributed by atoms with E-state index in [2.05, 4.69) is 9.97 Å². The minimum atomic E-state index is -3.53. The van der Waals surface area contributed by atoms with Gasteiger partial charge in [0.1, 0.15) is 6.33 Å². The Morgan fingerprint density at radius 1 is 1.30 bits per heavy atom. The number of aromatic nitrogens is 2. The quantitative estimate of drug-likeness (QED) is 0.849. The van der Waals surface area contributed by atoms with Gasteiger partial charge in [-0.1, -0.05) is 17.7 Å². The first-order chi connectivity index (χ1) is 9.57. The number of nitrogens with zero attached hydrogens (tertiary/aromatic N) is 3. The molecule has 7 heteroatoms. The third kappa shape index (κ3) is 2.42. The molecule has 1 aromatic carbocycles. The summed E-state index contributed by atoms with van der Waals surface area (Å²) in [5, 5.41) is 0.409. The van der Waals surface area contributed by atoms with Crippen LogP contribution in [-0.2, 0) is 23.0 Å². The third-order valence-corrected chi connectivity index (χ3v) is 5.34. The number of rotatable bonds is 2. The number of hydrogen-bond acceptors (Lipinski definition) is 4. The van der Waals surface area contributed by atoms with Crippen LogP contribution in [0.2, 0.25) is 5.02 Å². The fourth-order valence-corrected chi connectivity index (χ4v) is 3.94. The molecule has 1 aromatic heterocycles. The van der Waals surface area contributed by atoms with Gasteiger partial charge in [0, 0.05) is 42.0 Å². The van der Waals surface area contributed by atoms with Gasteiger partial charge in [-0.05, 0) is 18.2 Å². The second-order valence-corrected chi connectivity index (χ2v) is 6.92. The first kappa shape index (κ1) is 13.5. The maximum Gasteiger partial charge on any atom is 0.243 e. The number of sulfonamides is 1. The van der Waals surface area contributed by atoms with E-state index in [-0.39, 0.29) is 4.90 Å². The Hall–Kier alpha value is -1.50. The van der Waals surface area contributed by atoms with Crippen LogP contribution in [0.15, 0.2) is 41.7 Å². The molecule has 0 fully saturated rings. The molecule has 0 saturated carbocycles. The number of fused-ring (bicyclic) bond motifs is 1. The summed E-state index contributed by atoms with van der Waals surface area (Å²) in [4.78, 5) is 8.33. The average molecular weight is 310 g/mol. The molecule has 5 nitrogen and oxygen atoms in total. The zero-order valence-corrected chi connectivity index (χ0v) is 12.1. The van der Waals surface area contributed by atoms with E-state index in [0.29, 0.717) is 24.5 Å². The van der Waals surface area contributed by atoms with Crippen LogP contribution in [-0.4, -0.2) is 29.2 Å². The fraction of sp³-hybridized carbons (Fsp3) is 0.231. The third-order valence-electron chi connectivity index (χ3n) is 3.26. The fourth-order valence-electron chi connectivity index (χ4n) is 2.22. The molecule has 0 aliphatic carbocycles. The van der Waals surface area contributed by atoms with Gasteiger partial charge < -0.3 is 0 Å². The maximum absolute atomic E-state index is 12.6. The van der Waals surface area contributed by atoms with Crippen LogP contribution in [0.4, 0.5) is 0 Å². The van der Waals surface area contributed by atoms with E-state index >= 15 is 0 Å². The second-order valence-electron chi connectivity index (χ2n) is 4.54. The largest absolute Gasteiger partial charge is 0.244 e. The summed E-state index contributed by atoms with van der Waals surface area (Å²) in [7, 11) is -3.53. The minimum Gasteiger partial charge on any atom is -0.244 e. The Kier molecular flexibility index (Phi) is 3.45. The highest BCUT2D eigenvalue weighted by Gasteiger charge is 2.28. The Bertz CT molecular complexity index is 749. The van der Waals surface area contributed by atoms with Crippen LogP contribution in [0.3, 0.4) is 0 Å². The summed E-state index contributed by atoms with van der Waals surface area (Å²) < 4.78 is 26.6. The van der Waals surface area contributed by atoms with Crippen LogP contribution in [0.25, 0.3) is 0 Å². The van der Waals surface area contributed by atoms with Crippen LogP contribution in [0.5, 0.6) is 0 Å². The minimum absolute atomic E-state index is 0.213. The van der Waals surface area contributed by atoms with Gasteiger partial charge in [-0.15, -0.1) is 0 Å². The van der Waals surface area contributed by atoms with Gasteiger partial charge in [0.05, 0.1) is 4.90 Å². The molecule has 0 N–H and O–H groups in total. The van der Waals surface area contributed by atoms with E-state index < -0.39 is 10.0 Å². The Morgan fingerprint density at radius 2 is 2.15 bits per heavy atom. The van der Waals surface area contributed by atoms with Gasteiger partial charge in [0.2, 0.25) is 10.0 Å². The zero-order valence-electron chi connectivity index (χ0n) is 10.5. The predicted octanol–water partition coefficient (Wildman–Crippen LogP) is 1.88. The van der Waals surface area contributed by atoms with Gasteiger partial charge in [0.15, 0.2) is 0 Å². The van der Waals surface area contributed by atoms with Crippen molar-refractivity contribution in [3.05, 3.63) is 53.1 Å². The molecule has 2 aromatic rings. The van der Waals surface area contributed by atoms with Crippen molar-refractivity contribution in [1.29, 1.82) is 0 Å². The zero-order chi connectivity index (χ0) is 14.2. The van der Waals surface area contributed by atoms with Crippen LogP contribution in [0.1, 0.15) is 11.3 Å². The summed E-state index contributed by atoms with van der Waals surface area (Å²) in [5.41, 5.74) is 1.77. The number of halogens is 1. The molecule has 0 amide bonds. The van der Waals surface area contributed by atoms with Crippen LogP contribution < -0.4 is 0 Å². The van der Waals surface area contributed by atoms with Gasteiger partial charge in [-0.2, -0.15) is 4.31 Å². The van der Waals surface area contributed by atoms with Gasteiger partial charge in [-0.3, -0.25) is 0 Å². The second kappa shape index (κ2) is 5.12. The molecule has 0 spiro atoms. The van der Waals surface area contributed by atoms with Gasteiger partial charge in [0.25, 0.3) is 0 Å². The van der Waals surface area contributed by atoms with E-state index in [0.717, 1.165) is 11.3 Å². The van der Waals surface area contributed by atoms with Crippen molar-refractivity contribution in [1.82, 2.24) is 14.3 Å². The van der Waals surface area contributed by atoms with E-state index in [1.54, 1.807) is 24.4 Å². The molecule has 0 unspecified atom stereocenters. The molecule has 0 saturated heterocycles. The molecule has 20 heavy (non-hydrogen) atoms. The first-order valence-electron chi connectivity index (χ1n) is 6.11. The van der Waals surface area contributed by atoms with Gasteiger partial charge >= 0.3 is 0 Å². The number of hydrogen-bond donors (Lipinski definition) is 0. The summed E-state index contributed by atoms with van der Waals surface area (Å²) in [6.45, 7) is 0.712. The van der Waals surface area contributed by atoms with E-state index in [1.165, 1.54) is 16.7 Å². The van der Waals surface area contributed by atoms with Crippen LogP contribution >= 0.6 is 11.6 Å². The lowest BCUT2D eigenvalue weighted by atomic mass is 10.1. The van der Waals surface area contributed by atoms with E-state index in [9.17, 15) is 8.42 Å². The molecular weight excluding hydrogens is 298 g/mol. The Labute approximate surface area is 122 Å². The highest BCUT2D eigenvalue weighted by atomic mass is 35.5. The molecule has 0 atom stereocenters. The van der Waals surface area contributed by atoms with Crippen molar-refractivity contribution in [3.63, 3.8) is 0 Å². The van der Waals surface area contributed by atoms with Crippen molar-refractivity contribution in [3.8, 4) is 0 Å². The van der Waals surface area contributed by atoms with Gasteiger partial charge in [-0.25, -0.2) is 18.4 Å². The molecule has 1 aliphatic heterocycles. The lowest BCUT2D eigenvalue weighted by Gasteiger charge is -2.27. The van der Waals surface area contributed by atoms with Crippen molar-refractivity contribution in [2.45, 2.75) is 17.9 Å². The van der Waals surface area contributed by atoms with Crippen molar-refractivity contribution >= 4 is 21.6 Å².